The van der Waals surface area contributed by atoms with Crippen LogP contribution in [0.25, 0.3) is 5.70 Å². The zero-order chi connectivity index (χ0) is 25.7. The molecule has 1 aliphatic carbocycles. The quantitative estimate of drug-likeness (QED) is 0.220. The molecular formula is C24H14Cl6F2N2O. The molecule has 0 saturated heterocycles. The zero-order valence-electron chi connectivity index (χ0n) is 17.4. The Morgan fingerprint density at radius 3 is 2.17 bits per heavy atom. The molecule has 0 radical (unpaired) electrons. The Morgan fingerprint density at radius 2 is 1.54 bits per heavy atom. The lowest BCUT2D eigenvalue weighted by Gasteiger charge is -2.14. The lowest BCUT2D eigenvalue weighted by molar-refractivity contribution is -0.117. The van der Waals surface area contributed by atoms with E-state index in [2.05, 4.69) is 17.2 Å². The number of carbonyl (C=O) groups is 1. The number of benzene rings is 3. The second-order valence-electron chi connectivity index (χ2n) is 7.84. The molecule has 1 fully saturated rings. The van der Waals surface area contributed by atoms with Crippen LogP contribution in [0, 0.1) is 17.6 Å². The Labute approximate surface area is 229 Å². The topological polar surface area (TPSA) is 41.1 Å². The molecule has 1 saturated carbocycles. The van der Waals surface area contributed by atoms with E-state index in [0.29, 0.717) is 21.8 Å². The molecule has 35 heavy (non-hydrogen) atoms. The number of nitrogens with one attached hydrogen (secondary N) is 2. The number of anilines is 2. The summed E-state index contributed by atoms with van der Waals surface area (Å²) in [5.74, 6) is -3.32. The van der Waals surface area contributed by atoms with Gasteiger partial charge < -0.3 is 10.6 Å². The first-order chi connectivity index (χ1) is 16.4. The van der Waals surface area contributed by atoms with Crippen molar-refractivity contribution in [3.05, 3.63) is 98.0 Å². The average molecular weight is 597 g/mol. The molecule has 2 unspecified atom stereocenters. The Kier molecular flexibility index (Phi) is 7.50. The van der Waals surface area contributed by atoms with Crippen molar-refractivity contribution in [2.45, 2.75) is 10.3 Å². The minimum atomic E-state index is -1.38. The predicted octanol–water partition coefficient (Wildman–Crippen LogP) is 9.19. The van der Waals surface area contributed by atoms with Crippen LogP contribution in [0.5, 0.6) is 0 Å². The number of alkyl halides is 2. The van der Waals surface area contributed by atoms with Crippen molar-refractivity contribution in [3.63, 3.8) is 0 Å². The summed E-state index contributed by atoms with van der Waals surface area (Å²) in [5.41, 5.74) is 1.58. The lowest BCUT2D eigenvalue weighted by atomic mass is 10.1. The summed E-state index contributed by atoms with van der Waals surface area (Å²) in [5, 5.41) is 6.43. The molecule has 0 aromatic heterocycles. The van der Waals surface area contributed by atoms with Gasteiger partial charge in [0, 0.05) is 28.9 Å². The van der Waals surface area contributed by atoms with Gasteiger partial charge in [0.05, 0.1) is 31.7 Å². The SMILES string of the molecule is C=C(Nc1ccc(F)cc1F)c1cc(NC(=O)C2C(c3cc(Cl)c(Cl)c(Cl)c3)C2(Cl)Cl)ccc1Cl. The molecule has 4 rings (SSSR count). The Hall–Kier alpha value is -1.73. The molecule has 3 aromatic carbocycles. The first-order valence-electron chi connectivity index (χ1n) is 9.94. The summed E-state index contributed by atoms with van der Waals surface area (Å²) in [7, 11) is 0. The average Bonchev–Trinajstić information content (AvgIpc) is 3.37. The van der Waals surface area contributed by atoms with Crippen molar-refractivity contribution >= 4 is 92.6 Å². The fraction of sp³-hybridized carbons (Fsp3) is 0.125. The summed E-state index contributed by atoms with van der Waals surface area (Å²) in [4.78, 5) is 13.0. The number of hydrogen-bond donors (Lipinski definition) is 2. The maximum Gasteiger partial charge on any atom is 0.231 e. The van der Waals surface area contributed by atoms with Crippen LogP contribution in [0.15, 0.2) is 55.1 Å². The van der Waals surface area contributed by atoms with E-state index in [-0.39, 0.29) is 26.5 Å². The van der Waals surface area contributed by atoms with Crippen LogP contribution < -0.4 is 10.6 Å². The van der Waals surface area contributed by atoms with E-state index in [1.165, 1.54) is 12.1 Å². The van der Waals surface area contributed by atoms with Gasteiger partial charge in [0.1, 0.15) is 16.0 Å². The van der Waals surface area contributed by atoms with Crippen LogP contribution >= 0.6 is 69.6 Å². The Bertz CT molecular complexity index is 1340. The minimum absolute atomic E-state index is 0.0112. The van der Waals surface area contributed by atoms with Gasteiger partial charge in [-0.05, 0) is 48.0 Å². The fourth-order valence-electron chi connectivity index (χ4n) is 3.70. The first kappa shape index (κ1) is 26.3. The fourth-order valence-corrected chi connectivity index (χ4v) is 5.37. The van der Waals surface area contributed by atoms with Gasteiger partial charge in [-0.25, -0.2) is 8.78 Å². The standard InChI is InChI=1S/C24H14Cl6F2N2O/c1-10(33-19-5-2-12(31)8-18(19)32)14-9-13(3-4-15(14)25)34-23(35)21-20(24(21,29)30)11-6-16(26)22(28)17(27)7-11/h2-9,20-21,33H,1H2,(H,34,35). The molecule has 11 heteroatoms. The first-order valence-corrected chi connectivity index (χ1v) is 12.2. The van der Waals surface area contributed by atoms with Crippen molar-refractivity contribution in [2.24, 2.45) is 5.92 Å². The van der Waals surface area contributed by atoms with E-state index < -0.39 is 33.7 Å². The normalized spacial score (nSPS) is 18.2. The van der Waals surface area contributed by atoms with E-state index in [9.17, 15) is 13.6 Å². The number of halogens is 8. The van der Waals surface area contributed by atoms with Crippen LogP contribution in [0.1, 0.15) is 17.0 Å². The summed E-state index contributed by atoms with van der Waals surface area (Å²) in [6.45, 7) is 3.86. The molecule has 0 spiro atoms. The predicted molar refractivity (Wildman–Crippen MR) is 141 cm³/mol. The van der Waals surface area contributed by atoms with E-state index >= 15 is 0 Å². The molecule has 1 amide bonds. The summed E-state index contributed by atoms with van der Waals surface area (Å²) in [6.07, 6.45) is 0. The highest BCUT2D eigenvalue weighted by molar-refractivity contribution is 6.54. The molecule has 3 nitrogen and oxygen atoms in total. The smallest absolute Gasteiger partial charge is 0.231 e. The third kappa shape index (κ3) is 5.36. The Morgan fingerprint density at radius 1 is 0.886 bits per heavy atom. The maximum absolute atomic E-state index is 14.0. The van der Waals surface area contributed by atoms with Crippen molar-refractivity contribution in [1.82, 2.24) is 0 Å². The second-order valence-corrected chi connectivity index (χ2v) is 10.9. The van der Waals surface area contributed by atoms with Crippen molar-refractivity contribution in [2.75, 3.05) is 10.6 Å². The number of carbonyl (C=O) groups excluding carboxylic acids is 1. The minimum Gasteiger partial charge on any atom is -0.353 e. The molecule has 0 bridgehead atoms. The zero-order valence-corrected chi connectivity index (χ0v) is 21.9. The summed E-state index contributed by atoms with van der Waals surface area (Å²) >= 11 is 37.3. The lowest BCUT2D eigenvalue weighted by Crippen LogP contribution is -2.17. The summed E-state index contributed by atoms with van der Waals surface area (Å²) in [6, 6.07) is 10.9. The van der Waals surface area contributed by atoms with Crippen LogP contribution in [-0.2, 0) is 4.79 Å². The molecule has 0 heterocycles. The second kappa shape index (κ2) is 9.97. The van der Waals surface area contributed by atoms with Gasteiger partial charge in [-0.1, -0.05) is 53.0 Å². The Balaban J connectivity index is 1.52. The van der Waals surface area contributed by atoms with E-state index in [4.69, 9.17) is 69.6 Å². The van der Waals surface area contributed by atoms with E-state index in [1.807, 2.05) is 0 Å². The third-order valence-corrected chi connectivity index (χ3v) is 7.94. The molecular weight excluding hydrogens is 583 g/mol. The van der Waals surface area contributed by atoms with Gasteiger partial charge >= 0.3 is 0 Å². The van der Waals surface area contributed by atoms with E-state index in [1.54, 1.807) is 24.3 Å². The van der Waals surface area contributed by atoms with Gasteiger partial charge in [-0.15, -0.1) is 23.2 Å². The molecule has 182 valence electrons. The van der Waals surface area contributed by atoms with E-state index in [0.717, 1.165) is 12.1 Å². The molecule has 2 N–H and O–H groups in total. The molecule has 3 aromatic rings. The number of rotatable bonds is 6. The monoisotopic (exact) mass is 594 g/mol. The van der Waals surface area contributed by atoms with Gasteiger partial charge in [-0.3, -0.25) is 4.79 Å². The molecule has 1 aliphatic rings. The van der Waals surface area contributed by atoms with Gasteiger partial charge in [-0.2, -0.15) is 0 Å². The van der Waals surface area contributed by atoms with Crippen molar-refractivity contribution in [3.8, 4) is 0 Å². The van der Waals surface area contributed by atoms with Crippen LogP contribution in [0.4, 0.5) is 20.2 Å². The van der Waals surface area contributed by atoms with Crippen LogP contribution in [0.3, 0.4) is 0 Å². The van der Waals surface area contributed by atoms with Gasteiger partial charge in [0.2, 0.25) is 5.91 Å². The number of amides is 1. The van der Waals surface area contributed by atoms with Crippen molar-refractivity contribution < 1.29 is 13.6 Å². The molecule has 2 atom stereocenters. The van der Waals surface area contributed by atoms with Crippen LogP contribution in [0.2, 0.25) is 20.1 Å². The highest BCUT2D eigenvalue weighted by atomic mass is 35.5. The maximum atomic E-state index is 14.0. The summed E-state index contributed by atoms with van der Waals surface area (Å²) < 4.78 is 25.8. The highest BCUT2D eigenvalue weighted by Crippen LogP contribution is 2.65. The van der Waals surface area contributed by atoms with Gasteiger partial charge in [0.25, 0.3) is 0 Å². The van der Waals surface area contributed by atoms with Crippen LogP contribution in [-0.4, -0.2) is 10.2 Å². The largest absolute Gasteiger partial charge is 0.353 e. The third-order valence-electron chi connectivity index (χ3n) is 5.48. The van der Waals surface area contributed by atoms with Gasteiger partial charge in [0.15, 0.2) is 0 Å². The number of hydrogen-bond acceptors (Lipinski definition) is 2. The van der Waals surface area contributed by atoms with Crippen molar-refractivity contribution in [1.29, 1.82) is 0 Å². The molecule has 0 aliphatic heterocycles. The highest BCUT2D eigenvalue weighted by Gasteiger charge is 2.67.